The molecule has 2 atom stereocenters. The van der Waals surface area contributed by atoms with Crippen molar-refractivity contribution < 1.29 is 9.84 Å². The average Bonchev–Trinajstić information content (AvgIpc) is 2.37. The number of aliphatic hydroxyl groups excluding tert-OH is 1. The summed E-state index contributed by atoms with van der Waals surface area (Å²) >= 11 is 0. The molecular weight excluding hydrogens is 226 g/mol. The predicted octanol–water partition coefficient (Wildman–Crippen LogP) is 2.40. The lowest BCUT2D eigenvalue weighted by atomic mass is 9.93. The molecule has 3 nitrogen and oxygen atoms in total. The lowest BCUT2D eigenvalue weighted by Crippen LogP contribution is -2.35. The van der Waals surface area contributed by atoms with E-state index in [1.807, 2.05) is 6.07 Å². The van der Waals surface area contributed by atoms with Gasteiger partial charge in [0.15, 0.2) is 0 Å². The van der Waals surface area contributed by atoms with Gasteiger partial charge in [-0.3, -0.25) is 0 Å². The van der Waals surface area contributed by atoms with Gasteiger partial charge in [0.25, 0.3) is 0 Å². The first kappa shape index (κ1) is 13.4. The Morgan fingerprint density at radius 3 is 2.94 bits per heavy atom. The molecule has 0 aliphatic heterocycles. The highest BCUT2D eigenvalue weighted by atomic mass is 16.5. The van der Waals surface area contributed by atoms with Crippen LogP contribution in [-0.4, -0.2) is 24.4 Å². The largest absolute Gasteiger partial charge is 0.496 e. The van der Waals surface area contributed by atoms with Crippen LogP contribution in [0.5, 0.6) is 5.75 Å². The van der Waals surface area contributed by atoms with Crippen molar-refractivity contribution in [3.05, 3.63) is 29.3 Å². The highest BCUT2D eigenvalue weighted by molar-refractivity contribution is 5.36. The van der Waals surface area contributed by atoms with E-state index in [4.69, 9.17) is 4.74 Å². The van der Waals surface area contributed by atoms with Gasteiger partial charge in [0.2, 0.25) is 0 Å². The van der Waals surface area contributed by atoms with E-state index in [0.29, 0.717) is 6.04 Å². The molecule has 0 radical (unpaired) electrons. The first-order chi connectivity index (χ1) is 8.69. The molecule has 3 heteroatoms. The van der Waals surface area contributed by atoms with Gasteiger partial charge in [-0.05, 0) is 38.7 Å². The molecule has 100 valence electrons. The van der Waals surface area contributed by atoms with E-state index >= 15 is 0 Å². The summed E-state index contributed by atoms with van der Waals surface area (Å²) in [7, 11) is 1.71. The van der Waals surface area contributed by atoms with Crippen LogP contribution >= 0.6 is 0 Å². The maximum Gasteiger partial charge on any atom is 0.123 e. The fourth-order valence-corrected chi connectivity index (χ4v) is 2.65. The number of methoxy groups -OCH3 is 1. The third-order valence-corrected chi connectivity index (χ3v) is 3.66. The zero-order valence-corrected chi connectivity index (χ0v) is 11.3. The Kier molecular flexibility index (Phi) is 4.61. The standard InChI is InChI=1S/C15H23NO2/c1-11-6-7-15(18-2)12(8-11)10-16-13-4-3-5-14(17)9-13/h6-8,13-14,16-17H,3-5,9-10H2,1-2H3. The Bertz CT molecular complexity index is 392. The van der Waals surface area contributed by atoms with E-state index in [1.54, 1.807) is 7.11 Å². The third-order valence-electron chi connectivity index (χ3n) is 3.66. The van der Waals surface area contributed by atoms with Gasteiger partial charge in [0.1, 0.15) is 5.75 Å². The van der Waals surface area contributed by atoms with E-state index in [2.05, 4.69) is 24.4 Å². The first-order valence-corrected chi connectivity index (χ1v) is 6.74. The van der Waals surface area contributed by atoms with Crippen LogP contribution in [0.1, 0.15) is 36.8 Å². The lowest BCUT2D eigenvalue weighted by Gasteiger charge is -2.27. The van der Waals surface area contributed by atoms with Gasteiger partial charge >= 0.3 is 0 Å². The smallest absolute Gasteiger partial charge is 0.123 e. The van der Waals surface area contributed by atoms with E-state index in [0.717, 1.165) is 38.0 Å². The molecule has 2 unspecified atom stereocenters. The van der Waals surface area contributed by atoms with E-state index < -0.39 is 0 Å². The molecule has 18 heavy (non-hydrogen) atoms. The molecular formula is C15H23NO2. The molecule has 2 N–H and O–H groups in total. The van der Waals surface area contributed by atoms with E-state index in [1.165, 1.54) is 11.1 Å². The number of nitrogens with one attached hydrogen (secondary N) is 1. The lowest BCUT2D eigenvalue weighted by molar-refractivity contribution is 0.111. The van der Waals surface area contributed by atoms with Gasteiger partial charge in [-0.15, -0.1) is 0 Å². The highest BCUT2D eigenvalue weighted by Gasteiger charge is 2.19. The van der Waals surface area contributed by atoms with Crippen LogP contribution in [0, 0.1) is 6.92 Å². The summed E-state index contributed by atoms with van der Waals surface area (Å²) in [5.41, 5.74) is 2.44. The predicted molar refractivity (Wildman–Crippen MR) is 72.8 cm³/mol. The first-order valence-electron chi connectivity index (χ1n) is 6.74. The minimum absolute atomic E-state index is 0.129. The van der Waals surface area contributed by atoms with E-state index in [9.17, 15) is 5.11 Å². The van der Waals surface area contributed by atoms with Crippen LogP contribution in [0.3, 0.4) is 0 Å². The third kappa shape index (κ3) is 3.47. The van der Waals surface area contributed by atoms with Crippen molar-refractivity contribution in [3.8, 4) is 5.75 Å². The molecule has 1 aliphatic rings. The summed E-state index contributed by atoms with van der Waals surface area (Å²) in [5.74, 6) is 0.935. The summed E-state index contributed by atoms with van der Waals surface area (Å²) in [5, 5.41) is 13.2. The quantitative estimate of drug-likeness (QED) is 0.861. The zero-order valence-electron chi connectivity index (χ0n) is 11.3. The number of benzene rings is 1. The van der Waals surface area contributed by atoms with Crippen LogP contribution in [0.4, 0.5) is 0 Å². The summed E-state index contributed by atoms with van der Waals surface area (Å²) < 4.78 is 5.37. The molecule has 0 spiro atoms. The maximum atomic E-state index is 9.66. The van der Waals surface area contributed by atoms with Crippen molar-refractivity contribution in [2.75, 3.05) is 7.11 Å². The van der Waals surface area contributed by atoms with Gasteiger partial charge < -0.3 is 15.2 Å². The summed E-state index contributed by atoms with van der Waals surface area (Å²) in [4.78, 5) is 0. The molecule has 0 saturated heterocycles. The van der Waals surface area contributed by atoms with Crippen molar-refractivity contribution in [1.29, 1.82) is 0 Å². The summed E-state index contributed by atoms with van der Waals surface area (Å²) in [6, 6.07) is 6.67. The van der Waals surface area contributed by atoms with Crippen molar-refractivity contribution in [3.63, 3.8) is 0 Å². The van der Waals surface area contributed by atoms with Crippen molar-refractivity contribution in [2.24, 2.45) is 0 Å². The zero-order chi connectivity index (χ0) is 13.0. The molecule has 1 aromatic carbocycles. The number of rotatable bonds is 4. The molecule has 1 aliphatic carbocycles. The fourth-order valence-electron chi connectivity index (χ4n) is 2.65. The molecule has 1 saturated carbocycles. The van der Waals surface area contributed by atoms with Gasteiger partial charge in [0, 0.05) is 18.2 Å². The van der Waals surface area contributed by atoms with Gasteiger partial charge in [0.05, 0.1) is 13.2 Å². The van der Waals surface area contributed by atoms with Crippen LogP contribution in [0.25, 0.3) is 0 Å². The van der Waals surface area contributed by atoms with Crippen LogP contribution < -0.4 is 10.1 Å². The number of hydrogen-bond acceptors (Lipinski definition) is 3. The normalized spacial score (nSPS) is 23.9. The molecule has 0 heterocycles. The second-order valence-electron chi connectivity index (χ2n) is 5.21. The van der Waals surface area contributed by atoms with Crippen LogP contribution in [0.15, 0.2) is 18.2 Å². The minimum atomic E-state index is -0.129. The Labute approximate surface area is 109 Å². The minimum Gasteiger partial charge on any atom is -0.496 e. The highest BCUT2D eigenvalue weighted by Crippen LogP contribution is 2.22. The molecule has 0 aromatic heterocycles. The van der Waals surface area contributed by atoms with Crippen LogP contribution in [0.2, 0.25) is 0 Å². The molecule has 2 rings (SSSR count). The van der Waals surface area contributed by atoms with Crippen molar-refractivity contribution >= 4 is 0 Å². The molecule has 1 fully saturated rings. The topological polar surface area (TPSA) is 41.5 Å². The number of hydrogen-bond donors (Lipinski definition) is 2. The second-order valence-corrected chi connectivity index (χ2v) is 5.21. The SMILES string of the molecule is COc1ccc(C)cc1CNC1CCCC(O)C1. The van der Waals surface area contributed by atoms with E-state index in [-0.39, 0.29) is 6.10 Å². The van der Waals surface area contributed by atoms with Gasteiger partial charge in [-0.2, -0.15) is 0 Å². The van der Waals surface area contributed by atoms with Gasteiger partial charge in [-0.25, -0.2) is 0 Å². The Hall–Kier alpha value is -1.06. The Balaban J connectivity index is 1.94. The van der Waals surface area contributed by atoms with Crippen molar-refractivity contribution in [2.45, 2.75) is 51.3 Å². The fraction of sp³-hybridized carbons (Fsp3) is 0.600. The molecule has 0 amide bonds. The van der Waals surface area contributed by atoms with Crippen LogP contribution in [-0.2, 0) is 6.54 Å². The number of aryl methyl sites for hydroxylation is 1. The Morgan fingerprint density at radius 1 is 1.39 bits per heavy atom. The second kappa shape index (κ2) is 6.21. The Morgan fingerprint density at radius 2 is 2.22 bits per heavy atom. The molecule has 0 bridgehead atoms. The number of ether oxygens (including phenoxy) is 1. The van der Waals surface area contributed by atoms with Gasteiger partial charge in [-0.1, -0.05) is 17.7 Å². The average molecular weight is 249 g/mol. The monoisotopic (exact) mass is 249 g/mol. The summed E-state index contributed by atoms with van der Waals surface area (Å²) in [6.07, 6.45) is 3.96. The maximum absolute atomic E-state index is 9.66. The summed E-state index contributed by atoms with van der Waals surface area (Å²) in [6.45, 7) is 2.90. The van der Waals surface area contributed by atoms with Crippen molar-refractivity contribution in [1.82, 2.24) is 5.32 Å². The molecule has 1 aromatic rings. The number of aliphatic hydroxyl groups is 1.